The fourth-order valence-corrected chi connectivity index (χ4v) is 0. The summed E-state index contributed by atoms with van der Waals surface area (Å²) in [5.41, 5.74) is 9.81. The van der Waals surface area contributed by atoms with Crippen LogP contribution in [0.5, 0.6) is 0 Å². The van der Waals surface area contributed by atoms with Crippen molar-refractivity contribution in [2.45, 2.75) is 27.7 Å². The second-order valence-corrected chi connectivity index (χ2v) is 2.90. The molecule has 0 aromatic heterocycles. The van der Waals surface area contributed by atoms with Gasteiger partial charge in [-0.1, -0.05) is 0 Å². The van der Waals surface area contributed by atoms with Crippen molar-refractivity contribution in [2.75, 3.05) is 13.1 Å². The van der Waals surface area contributed by atoms with Gasteiger partial charge in [-0.3, -0.25) is 19.2 Å². The molecular weight excluding hydrogens is 470 g/mol. The fourth-order valence-electron chi connectivity index (χ4n) is 0. The van der Waals surface area contributed by atoms with Gasteiger partial charge in [0.1, 0.15) is 6.79 Å². The Morgan fingerprint density at radius 2 is 0.714 bits per heavy atom. The maximum atomic E-state index is 9.00. The Balaban J connectivity index is -0.0000000167. The first-order chi connectivity index (χ1) is 11.3. The number of aliphatic carboxylic acids is 4. The Labute approximate surface area is 223 Å². The van der Waals surface area contributed by atoms with E-state index in [1.165, 1.54) is 0 Å². The average molecular weight is 500 g/mol. The van der Waals surface area contributed by atoms with Crippen LogP contribution in [0.1, 0.15) is 27.7 Å². The first kappa shape index (κ1) is 63.0. The number of carboxylic acids is 4. The molecule has 0 unspecified atom stereocenters. The van der Waals surface area contributed by atoms with Gasteiger partial charge >= 0.3 is 59.1 Å². The molecular formula is C11H30FeN2Na2O11S. The van der Waals surface area contributed by atoms with Gasteiger partial charge < -0.3 is 45.8 Å². The van der Waals surface area contributed by atoms with Crippen LogP contribution in [0.2, 0.25) is 0 Å². The van der Waals surface area contributed by atoms with Gasteiger partial charge in [0.15, 0.2) is 12.3 Å². The number of hydrogen-bond acceptors (Lipinski definition) is 10. The normalized spacial score (nSPS) is 5.43. The van der Waals surface area contributed by atoms with Crippen molar-refractivity contribution in [1.82, 2.24) is 0 Å². The van der Waals surface area contributed by atoms with Crippen molar-refractivity contribution in [1.29, 1.82) is 0 Å². The molecule has 0 aliphatic carbocycles. The molecule has 0 aromatic carbocycles. The third-order valence-electron chi connectivity index (χ3n) is 0.167. The Kier molecular flexibility index (Phi) is 182. The standard InChI is InChI=1S/C2H8N2.4C2H4O2.CH2O.Fe.2Na.H2O2S.2H/c3-1-2-4;4*1-2(3)4;1-2;;;;1-3-2;;/h1-4H2;4*1H3,(H,3,4);1H2;;;;1-2H;;. The summed E-state index contributed by atoms with van der Waals surface area (Å²) in [7, 11) is 0. The zero-order valence-electron chi connectivity index (χ0n) is 14.8. The molecule has 166 valence electrons. The summed E-state index contributed by atoms with van der Waals surface area (Å²) in [6.45, 7) is 7.53. The van der Waals surface area contributed by atoms with Crippen molar-refractivity contribution in [3.63, 3.8) is 0 Å². The summed E-state index contributed by atoms with van der Waals surface area (Å²) in [5.74, 6) is -3.33. The number of carbonyl (C=O) groups is 5. The summed E-state index contributed by atoms with van der Waals surface area (Å²) in [4.78, 5) is 44.0. The molecule has 17 heteroatoms. The van der Waals surface area contributed by atoms with Gasteiger partial charge in [-0.2, -0.15) is 0 Å². The van der Waals surface area contributed by atoms with Crippen LogP contribution in [0.3, 0.4) is 0 Å². The SMILES string of the molecule is C=O.CC(=O)O.CC(=O)O.CC(=O)O.CC(=O)O.NCCN.OSO.[Fe].[NaH].[NaH]. The summed E-state index contributed by atoms with van der Waals surface area (Å²) in [6.07, 6.45) is 0. The molecule has 0 saturated carbocycles. The third-order valence-corrected chi connectivity index (χ3v) is 0.167. The van der Waals surface area contributed by atoms with Crippen LogP contribution in [0.15, 0.2) is 0 Å². The van der Waals surface area contributed by atoms with E-state index in [4.69, 9.17) is 65.0 Å². The third kappa shape index (κ3) is 10600. The van der Waals surface area contributed by atoms with Gasteiger partial charge in [-0.05, 0) is 0 Å². The van der Waals surface area contributed by atoms with Gasteiger partial charge in [0, 0.05) is 57.9 Å². The number of hydrogen-bond donors (Lipinski definition) is 8. The predicted molar refractivity (Wildman–Crippen MR) is 106 cm³/mol. The zero-order chi connectivity index (χ0) is 22.4. The van der Waals surface area contributed by atoms with E-state index in [9.17, 15) is 0 Å². The van der Waals surface area contributed by atoms with Gasteiger partial charge in [0.25, 0.3) is 23.9 Å². The molecule has 0 saturated heterocycles. The van der Waals surface area contributed by atoms with Crippen LogP contribution in [0, 0.1) is 0 Å². The molecule has 0 amide bonds. The number of carbonyl (C=O) groups excluding carboxylic acids is 1. The van der Waals surface area contributed by atoms with E-state index in [2.05, 4.69) is 0 Å². The number of nitrogens with two attached hydrogens (primary N) is 2. The molecule has 10 N–H and O–H groups in total. The first-order valence-electron chi connectivity index (χ1n) is 5.68. The quantitative estimate of drug-likeness (QED) is 0.150. The molecule has 0 fully saturated rings. The van der Waals surface area contributed by atoms with E-state index < -0.39 is 23.9 Å². The zero-order valence-corrected chi connectivity index (χ0v) is 16.7. The van der Waals surface area contributed by atoms with E-state index >= 15 is 0 Å². The summed E-state index contributed by atoms with van der Waals surface area (Å²) >= 11 is -0.250. The maximum absolute atomic E-state index is 9.00. The summed E-state index contributed by atoms with van der Waals surface area (Å²) in [6, 6.07) is 0. The Morgan fingerprint density at radius 3 is 0.714 bits per heavy atom. The Hall–Kier alpha value is 0.259. The Bertz CT molecular complexity index is 242. The van der Waals surface area contributed by atoms with Crippen LogP contribution in [0.25, 0.3) is 0 Å². The van der Waals surface area contributed by atoms with Crippen LogP contribution in [0.4, 0.5) is 0 Å². The minimum atomic E-state index is -0.833. The van der Waals surface area contributed by atoms with Crippen molar-refractivity contribution in [3.8, 4) is 0 Å². The monoisotopic (exact) mass is 500 g/mol. The topological polar surface area (TPSA) is 259 Å². The fraction of sp³-hybridized carbons (Fsp3) is 0.545. The van der Waals surface area contributed by atoms with Gasteiger partial charge in [0.05, 0.1) is 0 Å². The summed E-state index contributed by atoms with van der Waals surface area (Å²) < 4.78 is 14.1. The first-order valence-corrected chi connectivity index (χ1v) is 6.41. The van der Waals surface area contributed by atoms with Gasteiger partial charge in [-0.15, -0.1) is 0 Å². The van der Waals surface area contributed by atoms with Gasteiger partial charge in [-0.25, -0.2) is 0 Å². The molecule has 0 aliphatic heterocycles. The number of rotatable bonds is 1. The molecule has 0 radical (unpaired) electrons. The molecule has 0 atom stereocenters. The van der Waals surface area contributed by atoms with Gasteiger partial charge in [0.2, 0.25) is 0 Å². The molecule has 0 spiro atoms. The van der Waals surface area contributed by atoms with E-state index in [1.54, 1.807) is 0 Å². The van der Waals surface area contributed by atoms with Crippen molar-refractivity contribution in [2.24, 2.45) is 11.5 Å². The minimum absolute atomic E-state index is 0. The molecule has 0 aromatic rings. The number of carboxylic acid groups (broad SMARTS) is 4. The van der Waals surface area contributed by atoms with Crippen LogP contribution < -0.4 is 11.5 Å². The van der Waals surface area contributed by atoms with E-state index in [1.807, 2.05) is 6.79 Å². The average Bonchev–Trinajstić information content (AvgIpc) is 2.39. The van der Waals surface area contributed by atoms with Crippen LogP contribution in [-0.2, 0) is 41.0 Å². The van der Waals surface area contributed by atoms with Crippen LogP contribution in [-0.4, -0.2) is 132 Å². The molecule has 0 rings (SSSR count). The van der Waals surface area contributed by atoms with Crippen molar-refractivity contribution < 1.29 is 70.6 Å². The Morgan fingerprint density at radius 1 is 0.679 bits per heavy atom. The van der Waals surface area contributed by atoms with E-state index in [-0.39, 0.29) is 88.5 Å². The molecule has 13 nitrogen and oxygen atoms in total. The second-order valence-electron chi connectivity index (χ2n) is 2.74. The molecule has 28 heavy (non-hydrogen) atoms. The molecule has 0 aliphatic rings. The molecule has 0 bridgehead atoms. The summed E-state index contributed by atoms with van der Waals surface area (Å²) in [5, 5.41) is 29.7. The van der Waals surface area contributed by atoms with E-state index in [0.29, 0.717) is 13.1 Å². The second kappa shape index (κ2) is 80.7. The van der Waals surface area contributed by atoms with Crippen molar-refractivity contribution in [3.05, 3.63) is 0 Å². The van der Waals surface area contributed by atoms with Crippen molar-refractivity contribution >= 4 is 102 Å². The van der Waals surface area contributed by atoms with Crippen LogP contribution >= 0.6 is 12.3 Å². The predicted octanol–water partition coefficient (Wildman–Crippen LogP) is -1.55. The molecule has 0 heterocycles. The van der Waals surface area contributed by atoms with E-state index in [0.717, 1.165) is 27.7 Å².